The molecule has 3 aliphatic heterocycles. The average Bonchev–Trinajstić information content (AvgIpc) is 3.46. The second-order valence-electron chi connectivity index (χ2n) is 8.11. The molecule has 30 heavy (non-hydrogen) atoms. The summed E-state index contributed by atoms with van der Waals surface area (Å²) >= 11 is 0. The lowest BCUT2D eigenvalue weighted by molar-refractivity contribution is -0.118. The highest BCUT2D eigenvalue weighted by Gasteiger charge is 2.36. The van der Waals surface area contributed by atoms with Gasteiger partial charge >= 0.3 is 0 Å². The lowest BCUT2D eigenvalue weighted by atomic mass is 9.96. The van der Waals surface area contributed by atoms with Crippen LogP contribution in [0.3, 0.4) is 0 Å². The van der Waals surface area contributed by atoms with Crippen LogP contribution in [0.25, 0.3) is 0 Å². The first kappa shape index (κ1) is 21.0. The molecule has 3 unspecified atom stereocenters. The summed E-state index contributed by atoms with van der Waals surface area (Å²) in [6.45, 7) is 6.77. The highest BCUT2D eigenvalue weighted by molar-refractivity contribution is 6.40. The number of hydrogen-bond donors (Lipinski definition) is 1. The van der Waals surface area contributed by atoms with E-state index >= 15 is 0 Å². The summed E-state index contributed by atoms with van der Waals surface area (Å²) < 4.78 is 11.1. The number of benzene rings is 1. The molecule has 0 bridgehead atoms. The van der Waals surface area contributed by atoms with Gasteiger partial charge in [0.1, 0.15) is 11.8 Å². The summed E-state index contributed by atoms with van der Waals surface area (Å²) in [4.78, 5) is 27.5. The highest BCUT2D eigenvalue weighted by Crippen LogP contribution is 2.25. The predicted molar refractivity (Wildman–Crippen MR) is 114 cm³/mol. The number of carbonyl (C=O) groups is 2. The molecule has 3 atom stereocenters. The summed E-state index contributed by atoms with van der Waals surface area (Å²) in [5.41, 5.74) is 1.22. The molecule has 3 heterocycles. The Morgan fingerprint density at radius 3 is 2.60 bits per heavy atom. The number of hydrazone groups is 1. The van der Waals surface area contributed by atoms with Crippen molar-refractivity contribution in [3.05, 3.63) is 30.3 Å². The van der Waals surface area contributed by atoms with Crippen molar-refractivity contribution in [3.63, 3.8) is 0 Å². The minimum Gasteiger partial charge on any atom is -0.381 e. The number of ether oxygens (including phenoxy) is 2. The second-order valence-corrected chi connectivity index (χ2v) is 8.11. The number of nitrogens with zero attached hydrogens (tertiary/aromatic N) is 3. The number of ketones is 1. The van der Waals surface area contributed by atoms with Gasteiger partial charge in [-0.1, -0.05) is 18.2 Å². The van der Waals surface area contributed by atoms with Gasteiger partial charge in [-0.05, 0) is 25.5 Å². The van der Waals surface area contributed by atoms with Crippen LogP contribution in [0.1, 0.15) is 19.8 Å². The minimum atomic E-state index is -0.438. The number of nitrogens with one attached hydrogen (secondary N) is 1. The molecular weight excluding hydrogens is 384 g/mol. The van der Waals surface area contributed by atoms with Crippen molar-refractivity contribution in [2.24, 2.45) is 11.0 Å². The van der Waals surface area contributed by atoms with Gasteiger partial charge in [0.2, 0.25) is 0 Å². The van der Waals surface area contributed by atoms with Crippen molar-refractivity contribution in [1.29, 1.82) is 0 Å². The van der Waals surface area contributed by atoms with Crippen molar-refractivity contribution >= 4 is 23.1 Å². The van der Waals surface area contributed by atoms with Gasteiger partial charge in [0.25, 0.3) is 5.91 Å². The van der Waals surface area contributed by atoms with Gasteiger partial charge in [0, 0.05) is 44.6 Å². The molecule has 0 aliphatic carbocycles. The van der Waals surface area contributed by atoms with Crippen molar-refractivity contribution in [2.45, 2.75) is 31.8 Å². The van der Waals surface area contributed by atoms with Gasteiger partial charge in [-0.3, -0.25) is 19.5 Å². The summed E-state index contributed by atoms with van der Waals surface area (Å²) in [6, 6.07) is 9.29. The predicted octanol–water partition coefficient (Wildman–Crippen LogP) is 1.06. The van der Waals surface area contributed by atoms with E-state index in [4.69, 9.17) is 9.47 Å². The van der Waals surface area contributed by atoms with Crippen LogP contribution in [0.4, 0.5) is 5.69 Å². The number of anilines is 1. The zero-order valence-corrected chi connectivity index (χ0v) is 17.5. The standard InChI is InChI=1S/C22H30N4O4/c1-16(27)20-13-19(24-26(20)18-5-3-2-4-6-18)22(28)23-14-21(17-7-10-30-15-17)25-8-11-29-12-9-25/h2-6,17,20-21H,7-15H2,1H3,(H,23,28). The molecule has 1 aromatic rings. The largest absolute Gasteiger partial charge is 0.381 e. The molecule has 2 saturated heterocycles. The monoisotopic (exact) mass is 414 g/mol. The zero-order valence-electron chi connectivity index (χ0n) is 17.5. The molecule has 0 radical (unpaired) electrons. The van der Waals surface area contributed by atoms with Gasteiger partial charge in [-0.15, -0.1) is 0 Å². The molecule has 8 nitrogen and oxygen atoms in total. The van der Waals surface area contributed by atoms with E-state index in [2.05, 4.69) is 15.3 Å². The van der Waals surface area contributed by atoms with E-state index in [0.29, 0.717) is 24.6 Å². The number of morpholine rings is 1. The van der Waals surface area contributed by atoms with Gasteiger partial charge < -0.3 is 14.8 Å². The van der Waals surface area contributed by atoms with Crippen LogP contribution in [0, 0.1) is 5.92 Å². The van der Waals surface area contributed by atoms with Crippen LogP contribution in [0.15, 0.2) is 35.4 Å². The van der Waals surface area contributed by atoms with E-state index in [1.165, 1.54) is 0 Å². The van der Waals surface area contributed by atoms with Crippen molar-refractivity contribution in [1.82, 2.24) is 10.2 Å². The third-order valence-electron chi connectivity index (χ3n) is 6.16. The number of hydrogen-bond acceptors (Lipinski definition) is 7. The lowest BCUT2D eigenvalue weighted by Gasteiger charge is -2.37. The summed E-state index contributed by atoms with van der Waals surface area (Å²) in [7, 11) is 0. The maximum Gasteiger partial charge on any atom is 0.267 e. The van der Waals surface area contributed by atoms with Crippen molar-refractivity contribution < 1.29 is 19.1 Å². The van der Waals surface area contributed by atoms with E-state index in [9.17, 15) is 9.59 Å². The first-order chi connectivity index (χ1) is 14.6. The SMILES string of the molecule is CC(=O)C1CC(C(=O)NCC(C2CCOC2)N2CCOCC2)=NN1c1ccccc1. The van der Waals surface area contributed by atoms with Crippen LogP contribution in [0.5, 0.6) is 0 Å². The lowest BCUT2D eigenvalue weighted by Crippen LogP contribution is -2.53. The molecule has 8 heteroatoms. The van der Waals surface area contributed by atoms with E-state index in [0.717, 1.165) is 51.6 Å². The maximum absolute atomic E-state index is 12.9. The van der Waals surface area contributed by atoms with E-state index in [1.54, 1.807) is 11.9 Å². The molecule has 1 amide bonds. The Kier molecular flexibility index (Phi) is 6.76. The molecule has 0 spiro atoms. The maximum atomic E-state index is 12.9. The summed E-state index contributed by atoms with van der Waals surface area (Å²) in [5, 5.41) is 9.26. The Morgan fingerprint density at radius 1 is 1.17 bits per heavy atom. The molecule has 0 saturated carbocycles. The molecular formula is C22H30N4O4. The van der Waals surface area contributed by atoms with E-state index in [1.807, 2.05) is 30.3 Å². The van der Waals surface area contributed by atoms with Gasteiger partial charge in [0.05, 0.1) is 25.5 Å². The van der Waals surface area contributed by atoms with Crippen LogP contribution in [0.2, 0.25) is 0 Å². The molecule has 1 N–H and O–H groups in total. The molecule has 162 valence electrons. The summed E-state index contributed by atoms with van der Waals surface area (Å²) in [6.07, 6.45) is 1.33. The Labute approximate surface area is 177 Å². The second kappa shape index (κ2) is 9.68. The topological polar surface area (TPSA) is 83.5 Å². The third kappa shape index (κ3) is 4.71. The fourth-order valence-corrected chi connectivity index (χ4v) is 4.44. The first-order valence-electron chi connectivity index (χ1n) is 10.7. The highest BCUT2D eigenvalue weighted by atomic mass is 16.5. The molecule has 2 fully saturated rings. The number of rotatable bonds is 7. The average molecular weight is 415 g/mol. The molecule has 4 rings (SSSR count). The van der Waals surface area contributed by atoms with Crippen LogP contribution in [-0.2, 0) is 19.1 Å². The van der Waals surface area contributed by atoms with E-state index in [-0.39, 0.29) is 17.7 Å². The molecule has 1 aromatic carbocycles. The van der Waals surface area contributed by atoms with Crippen LogP contribution in [-0.4, -0.2) is 80.4 Å². The summed E-state index contributed by atoms with van der Waals surface area (Å²) in [5.74, 6) is 0.205. The van der Waals surface area contributed by atoms with E-state index < -0.39 is 6.04 Å². The normalized spacial score (nSPS) is 25.8. The van der Waals surface area contributed by atoms with Gasteiger partial charge in [-0.25, -0.2) is 0 Å². The van der Waals surface area contributed by atoms with Crippen molar-refractivity contribution in [3.8, 4) is 0 Å². The first-order valence-corrected chi connectivity index (χ1v) is 10.7. The van der Waals surface area contributed by atoms with Gasteiger partial charge in [0.15, 0.2) is 5.78 Å². The number of carbonyl (C=O) groups excluding carboxylic acids is 2. The number of Topliss-reactive ketones (excluding diaryl/α,β-unsaturated/α-hetero) is 1. The molecule has 3 aliphatic rings. The Hall–Kier alpha value is -2.29. The van der Waals surface area contributed by atoms with Crippen LogP contribution >= 0.6 is 0 Å². The van der Waals surface area contributed by atoms with Crippen LogP contribution < -0.4 is 10.3 Å². The Balaban J connectivity index is 1.43. The smallest absolute Gasteiger partial charge is 0.267 e. The Morgan fingerprint density at radius 2 is 1.93 bits per heavy atom. The quantitative estimate of drug-likeness (QED) is 0.719. The van der Waals surface area contributed by atoms with Crippen molar-refractivity contribution in [2.75, 3.05) is 51.1 Å². The fourth-order valence-electron chi connectivity index (χ4n) is 4.44. The number of para-hydroxylation sites is 1. The minimum absolute atomic E-state index is 0.000277. The fraction of sp³-hybridized carbons (Fsp3) is 0.591. The molecule has 0 aromatic heterocycles. The van der Waals surface area contributed by atoms with Gasteiger partial charge in [-0.2, -0.15) is 5.10 Å². The number of amides is 1. The zero-order chi connectivity index (χ0) is 20.9. The Bertz CT molecular complexity index is 773. The third-order valence-corrected chi connectivity index (χ3v) is 6.16.